The smallest absolute Gasteiger partial charge is 0.408 e. The van der Waals surface area contributed by atoms with E-state index in [4.69, 9.17) is 18.9 Å². The topological polar surface area (TPSA) is 100 Å². The normalized spacial score (nSPS) is 11.4. The lowest BCUT2D eigenvalue weighted by Crippen LogP contribution is -2.46. The molecular formula is C29H31NO7. The summed E-state index contributed by atoms with van der Waals surface area (Å²) in [6.45, 7) is 3.75. The molecule has 0 aromatic heterocycles. The van der Waals surface area contributed by atoms with Crippen LogP contribution in [0.4, 0.5) is 4.79 Å². The summed E-state index contributed by atoms with van der Waals surface area (Å²) in [5, 5.41) is 2.58. The van der Waals surface area contributed by atoms with E-state index < -0.39 is 24.1 Å². The number of para-hydroxylation sites is 1. The lowest BCUT2D eigenvalue weighted by Gasteiger charge is -2.21. The lowest BCUT2D eigenvalue weighted by atomic mass is 10.0. The Balaban J connectivity index is 1.56. The highest BCUT2D eigenvalue weighted by Gasteiger charge is 2.27. The van der Waals surface area contributed by atoms with E-state index in [9.17, 15) is 14.4 Å². The first-order valence-electron chi connectivity index (χ1n) is 11.9. The van der Waals surface area contributed by atoms with Crippen LogP contribution in [0.1, 0.15) is 30.5 Å². The number of carbonyl (C=O) groups is 3. The van der Waals surface area contributed by atoms with Crippen LogP contribution in [0.2, 0.25) is 0 Å². The summed E-state index contributed by atoms with van der Waals surface area (Å²) >= 11 is 0. The van der Waals surface area contributed by atoms with E-state index in [0.717, 1.165) is 11.1 Å². The van der Waals surface area contributed by atoms with Crippen LogP contribution in [0.25, 0.3) is 0 Å². The summed E-state index contributed by atoms with van der Waals surface area (Å²) in [6.07, 6.45) is -0.812. The van der Waals surface area contributed by atoms with Crippen LogP contribution in [0.3, 0.4) is 0 Å². The fourth-order valence-corrected chi connectivity index (χ4v) is 3.40. The van der Waals surface area contributed by atoms with E-state index in [1.165, 1.54) is 0 Å². The first-order valence-corrected chi connectivity index (χ1v) is 11.9. The second-order valence-electron chi connectivity index (χ2n) is 8.64. The van der Waals surface area contributed by atoms with Crippen LogP contribution in [0.5, 0.6) is 11.5 Å². The standard InChI is InChI=1S/C29H31NO7/c1-20(2)27(30-29(33)36-19-21-9-5-4-6-10-21)28(32)37-25-12-8-7-11-23(25)17-26(31)35-18-22-13-15-24(34-3)16-14-22/h4-16,20,27H,17-19H2,1-3H3,(H,30,33)/t27-/m0/s1. The molecule has 0 saturated carbocycles. The minimum absolute atomic E-state index is 0.0774. The molecule has 0 aliphatic carbocycles. The fraction of sp³-hybridized carbons (Fsp3) is 0.276. The van der Waals surface area contributed by atoms with E-state index in [1.807, 2.05) is 42.5 Å². The van der Waals surface area contributed by atoms with Crippen molar-refractivity contribution in [3.63, 3.8) is 0 Å². The van der Waals surface area contributed by atoms with Crippen molar-refractivity contribution in [1.29, 1.82) is 0 Å². The number of amides is 1. The molecule has 0 unspecified atom stereocenters. The van der Waals surface area contributed by atoms with E-state index in [-0.39, 0.29) is 31.3 Å². The van der Waals surface area contributed by atoms with Crippen molar-refractivity contribution < 1.29 is 33.3 Å². The number of carbonyl (C=O) groups excluding carboxylic acids is 3. The minimum Gasteiger partial charge on any atom is -0.497 e. The predicted molar refractivity (Wildman–Crippen MR) is 137 cm³/mol. The zero-order valence-corrected chi connectivity index (χ0v) is 21.1. The molecule has 3 rings (SSSR count). The van der Waals surface area contributed by atoms with Crippen LogP contribution in [0.15, 0.2) is 78.9 Å². The van der Waals surface area contributed by atoms with Crippen molar-refractivity contribution in [3.8, 4) is 11.5 Å². The predicted octanol–water partition coefficient (Wildman–Crippen LogP) is 4.84. The van der Waals surface area contributed by atoms with Gasteiger partial charge in [-0.15, -0.1) is 0 Å². The second-order valence-corrected chi connectivity index (χ2v) is 8.64. The summed E-state index contributed by atoms with van der Waals surface area (Å²) in [5.74, 6) is -0.463. The fourth-order valence-electron chi connectivity index (χ4n) is 3.40. The number of hydrogen-bond donors (Lipinski definition) is 1. The quantitative estimate of drug-likeness (QED) is 0.294. The molecule has 8 nitrogen and oxygen atoms in total. The van der Waals surface area contributed by atoms with E-state index in [2.05, 4.69) is 5.32 Å². The summed E-state index contributed by atoms with van der Waals surface area (Å²) in [6, 6.07) is 22.2. The molecule has 0 bridgehead atoms. The Bertz CT molecular complexity index is 1180. The van der Waals surface area contributed by atoms with Crippen LogP contribution >= 0.6 is 0 Å². The maximum atomic E-state index is 12.9. The number of esters is 2. The summed E-state index contributed by atoms with van der Waals surface area (Å²) in [7, 11) is 1.58. The van der Waals surface area contributed by atoms with Crippen molar-refractivity contribution in [1.82, 2.24) is 5.32 Å². The van der Waals surface area contributed by atoms with Gasteiger partial charge in [0.1, 0.15) is 30.8 Å². The molecule has 3 aromatic carbocycles. The van der Waals surface area contributed by atoms with Gasteiger partial charge in [0.2, 0.25) is 0 Å². The number of hydrogen-bond acceptors (Lipinski definition) is 7. The molecular weight excluding hydrogens is 474 g/mol. The third-order valence-electron chi connectivity index (χ3n) is 5.48. The van der Waals surface area contributed by atoms with E-state index >= 15 is 0 Å². The Morgan fingerprint density at radius 1 is 0.784 bits per heavy atom. The highest BCUT2D eigenvalue weighted by Crippen LogP contribution is 2.21. The molecule has 8 heteroatoms. The molecule has 194 valence electrons. The van der Waals surface area contributed by atoms with E-state index in [1.54, 1.807) is 57.4 Å². The van der Waals surface area contributed by atoms with Gasteiger partial charge in [0.05, 0.1) is 13.5 Å². The molecule has 0 spiro atoms. The molecule has 0 aliphatic rings. The largest absolute Gasteiger partial charge is 0.497 e. The maximum absolute atomic E-state index is 12.9. The first-order chi connectivity index (χ1) is 17.9. The number of alkyl carbamates (subject to hydrolysis) is 1. The molecule has 0 aliphatic heterocycles. The lowest BCUT2D eigenvalue weighted by molar-refractivity contribution is -0.144. The van der Waals surface area contributed by atoms with Gasteiger partial charge in [0.25, 0.3) is 0 Å². The average Bonchev–Trinajstić information content (AvgIpc) is 2.91. The highest BCUT2D eigenvalue weighted by atomic mass is 16.6. The highest BCUT2D eigenvalue weighted by molar-refractivity contribution is 5.84. The Morgan fingerprint density at radius 2 is 1.41 bits per heavy atom. The SMILES string of the molecule is COc1ccc(COC(=O)Cc2ccccc2OC(=O)[C@@H](NC(=O)OCc2ccccc2)C(C)C)cc1. The Morgan fingerprint density at radius 3 is 2.08 bits per heavy atom. The third-order valence-corrected chi connectivity index (χ3v) is 5.48. The van der Waals surface area contributed by atoms with Crippen molar-refractivity contribution in [2.75, 3.05) is 7.11 Å². The van der Waals surface area contributed by atoms with Gasteiger partial charge in [-0.25, -0.2) is 9.59 Å². The zero-order chi connectivity index (χ0) is 26.6. The molecule has 0 heterocycles. The number of rotatable bonds is 11. The van der Waals surface area contributed by atoms with Crippen LogP contribution in [0, 0.1) is 5.92 Å². The van der Waals surface area contributed by atoms with Crippen molar-refractivity contribution >= 4 is 18.0 Å². The number of nitrogens with one attached hydrogen (secondary N) is 1. The van der Waals surface area contributed by atoms with Crippen LogP contribution < -0.4 is 14.8 Å². The van der Waals surface area contributed by atoms with Crippen molar-refractivity contribution in [2.24, 2.45) is 5.92 Å². The number of ether oxygens (including phenoxy) is 4. The molecule has 37 heavy (non-hydrogen) atoms. The average molecular weight is 506 g/mol. The Hall–Kier alpha value is -4.33. The van der Waals surface area contributed by atoms with Crippen LogP contribution in [-0.4, -0.2) is 31.2 Å². The summed E-state index contributed by atoms with van der Waals surface area (Å²) in [5.41, 5.74) is 2.14. The third kappa shape index (κ3) is 8.68. The van der Waals surface area contributed by atoms with Gasteiger partial charge in [0.15, 0.2) is 0 Å². The van der Waals surface area contributed by atoms with E-state index in [0.29, 0.717) is 11.3 Å². The molecule has 0 saturated heterocycles. The van der Waals surface area contributed by atoms with Gasteiger partial charge in [-0.3, -0.25) is 4.79 Å². The zero-order valence-electron chi connectivity index (χ0n) is 21.1. The number of methoxy groups -OCH3 is 1. The van der Waals surface area contributed by atoms with Gasteiger partial charge < -0.3 is 24.3 Å². The Kier molecular flexibility index (Phi) is 10.1. The van der Waals surface area contributed by atoms with Gasteiger partial charge >= 0.3 is 18.0 Å². The van der Waals surface area contributed by atoms with Gasteiger partial charge in [0, 0.05) is 5.56 Å². The summed E-state index contributed by atoms with van der Waals surface area (Å²) in [4.78, 5) is 37.7. The molecule has 1 atom stereocenters. The monoisotopic (exact) mass is 505 g/mol. The molecule has 0 fully saturated rings. The summed E-state index contributed by atoms with van der Waals surface area (Å²) < 4.78 is 21.3. The van der Waals surface area contributed by atoms with Gasteiger partial charge in [-0.2, -0.15) is 0 Å². The Labute approximate surface area is 216 Å². The number of benzene rings is 3. The van der Waals surface area contributed by atoms with Crippen molar-refractivity contribution in [2.45, 2.75) is 39.5 Å². The molecule has 3 aromatic rings. The molecule has 0 radical (unpaired) electrons. The second kappa shape index (κ2) is 13.7. The minimum atomic E-state index is -0.946. The van der Waals surface area contributed by atoms with Crippen molar-refractivity contribution in [3.05, 3.63) is 95.6 Å². The first kappa shape index (κ1) is 27.3. The molecule has 1 N–H and O–H groups in total. The molecule has 1 amide bonds. The maximum Gasteiger partial charge on any atom is 0.408 e. The van der Waals surface area contributed by atoms with Crippen LogP contribution in [-0.2, 0) is 38.7 Å². The van der Waals surface area contributed by atoms with Gasteiger partial charge in [-0.05, 0) is 35.2 Å². The van der Waals surface area contributed by atoms with Gasteiger partial charge in [-0.1, -0.05) is 74.5 Å².